The van der Waals surface area contributed by atoms with Crippen molar-refractivity contribution in [1.82, 2.24) is 10.2 Å². The molecular formula is C38H54N2O4. The molecule has 1 fully saturated rings. The quantitative estimate of drug-likeness (QED) is 0.185. The number of nitrogens with one attached hydrogen (secondary N) is 1. The molecule has 1 aliphatic carbocycles. The van der Waals surface area contributed by atoms with Crippen molar-refractivity contribution < 1.29 is 19.4 Å². The van der Waals surface area contributed by atoms with Crippen LogP contribution in [0.25, 0.3) is 0 Å². The Morgan fingerprint density at radius 2 is 1.77 bits per heavy atom. The number of carbonyl (C=O) groups excluding carboxylic acids is 1. The zero-order valence-electron chi connectivity index (χ0n) is 27.6. The highest BCUT2D eigenvalue weighted by Crippen LogP contribution is 2.17. The Labute approximate surface area is 266 Å². The molecule has 1 amide bonds. The van der Waals surface area contributed by atoms with Crippen LogP contribution in [-0.4, -0.2) is 46.6 Å². The number of benzene rings is 1. The highest BCUT2D eigenvalue weighted by molar-refractivity contribution is 5.77. The van der Waals surface area contributed by atoms with Gasteiger partial charge in [0.2, 0.25) is 5.91 Å². The topological polar surface area (TPSA) is 78.9 Å². The molecule has 2 N–H and O–H groups in total. The van der Waals surface area contributed by atoms with Crippen molar-refractivity contribution in [2.75, 3.05) is 13.1 Å². The monoisotopic (exact) mass is 602 g/mol. The first-order valence-corrected chi connectivity index (χ1v) is 15.9. The van der Waals surface area contributed by atoms with Crippen LogP contribution >= 0.6 is 0 Å². The van der Waals surface area contributed by atoms with Crippen LogP contribution in [0.3, 0.4) is 0 Å². The molecule has 3 rings (SSSR count). The minimum Gasteiger partial charge on any atom is -0.478 e. The second-order valence-corrected chi connectivity index (χ2v) is 11.3. The number of likely N-dealkylation sites (tertiary alicyclic amines) is 1. The van der Waals surface area contributed by atoms with Crippen molar-refractivity contribution in [2.45, 2.75) is 97.6 Å². The van der Waals surface area contributed by atoms with Gasteiger partial charge in [-0.15, -0.1) is 5.73 Å². The van der Waals surface area contributed by atoms with E-state index in [0.29, 0.717) is 12.2 Å². The van der Waals surface area contributed by atoms with Gasteiger partial charge in [0.05, 0.1) is 0 Å². The van der Waals surface area contributed by atoms with Gasteiger partial charge in [0, 0.05) is 31.2 Å². The number of rotatable bonds is 12. The second kappa shape index (κ2) is 22.5. The first-order valence-electron chi connectivity index (χ1n) is 15.9. The lowest BCUT2D eigenvalue weighted by molar-refractivity contribution is -0.152. The van der Waals surface area contributed by atoms with Gasteiger partial charge in [-0.25, -0.2) is 4.79 Å². The lowest BCUT2D eigenvalue weighted by atomic mass is 10.1. The third-order valence-electron chi connectivity index (χ3n) is 6.85. The fourth-order valence-corrected chi connectivity index (χ4v) is 4.24. The number of amides is 1. The SMILES string of the molecule is C=C(/C=C\C=C/C)N1CCCCCC1.CC(C)(Oc1ccccc1)C(=O)O.CCCC(=O)NC(C)CCC1=C=CC=CC=C1. The molecule has 0 aromatic heterocycles. The summed E-state index contributed by atoms with van der Waals surface area (Å²) in [5, 5.41) is 11.8. The van der Waals surface area contributed by atoms with Gasteiger partial charge in [-0.05, 0) is 89.7 Å². The summed E-state index contributed by atoms with van der Waals surface area (Å²) in [6, 6.07) is 9.13. The van der Waals surface area contributed by atoms with Crippen LogP contribution < -0.4 is 10.1 Å². The summed E-state index contributed by atoms with van der Waals surface area (Å²) in [4.78, 5) is 24.5. The Bertz CT molecular complexity index is 1180. The molecule has 0 spiro atoms. The molecule has 1 aromatic carbocycles. The minimum atomic E-state index is -1.18. The number of allylic oxidation sites excluding steroid dienone is 9. The van der Waals surface area contributed by atoms with Crippen molar-refractivity contribution >= 4 is 11.9 Å². The molecule has 0 saturated carbocycles. The number of carboxylic acids is 1. The first-order chi connectivity index (χ1) is 21.1. The summed E-state index contributed by atoms with van der Waals surface area (Å²) < 4.78 is 5.26. The van der Waals surface area contributed by atoms with Gasteiger partial charge in [0.15, 0.2) is 5.60 Å². The molecule has 2 aliphatic rings. The molecule has 1 saturated heterocycles. The van der Waals surface area contributed by atoms with E-state index in [1.165, 1.54) is 58.2 Å². The summed E-state index contributed by atoms with van der Waals surface area (Å²) in [6.45, 7) is 15.6. The van der Waals surface area contributed by atoms with Gasteiger partial charge in [-0.3, -0.25) is 4.79 Å². The summed E-state index contributed by atoms with van der Waals surface area (Å²) in [7, 11) is 0. The number of carbonyl (C=O) groups is 2. The van der Waals surface area contributed by atoms with Crippen LogP contribution in [-0.2, 0) is 9.59 Å². The van der Waals surface area contributed by atoms with Crippen molar-refractivity contribution in [1.29, 1.82) is 0 Å². The standard InChI is InChI=1S/C15H21NO.C13H21N.C10H12O3/c1-3-8-15(17)16-13(2)11-12-14-9-6-4-5-7-10-14;1-3-4-7-10-13(2)14-11-8-5-6-9-12-14;1-10(2,9(11)12)13-8-6-4-3-5-7-8/h4-7,9,13H,3,8,11-12H2,1-2H3,(H,16,17);3-4,7,10H,2,5-6,8-9,11-12H2,1H3;3-7H,1-2H3,(H,11,12)/b;4-3-,10-7-;. The normalized spacial score (nSPS) is 15.2. The Hall–Kier alpha value is -4.02. The largest absolute Gasteiger partial charge is 0.478 e. The van der Waals surface area contributed by atoms with Gasteiger partial charge in [-0.1, -0.05) is 87.1 Å². The van der Waals surface area contributed by atoms with E-state index in [-0.39, 0.29) is 11.9 Å². The van der Waals surface area contributed by atoms with E-state index >= 15 is 0 Å². The van der Waals surface area contributed by atoms with Gasteiger partial charge in [0.1, 0.15) is 5.75 Å². The Balaban J connectivity index is 0.000000333. The fourth-order valence-electron chi connectivity index (χ4n) is 4.24. The van der Waals surface area contributed by atoms with E-state index in [4.69, 9.17) is 9.84 Å². The number of nitrogens with zero attached hydrogens (tertiary/aromatic N) is 1. The molecule has 0 radical (unpaired) electrons. The Kier molecular flexibility index (Phi) is 19.4. The smallest absolute Gasteiger partial charge is 0.347 e. The van der Waals surface area contributed by atoms with E-state index in [0.717, 1.165) is 25.0 Å². The molecule has 1 aromatic rings. The number of hydrogen-bond acceptors (Lipinski definition) is 4. The molecule has 6 heteroatoms. The molecule has 1 atom stereocenters. The first kappa shape index (κ1) is 38.0. The van der Waals surface area contributed by atoms with Crippen LogP contribution in [0.1, 0.15) is 86.0 Å². The average Bonchev–Trinajstić information content (AvgIpc) is 3.43. The maximum Gasteiger partial charge on any atom is 0.347 e. The van der Waals surface area contributed by atoms with Crippen LogP contribution in [0.4, 0.5) is 0 Å². The number of aliphatic carboxylic acids is 1. The Morgan fingerprint density at radius 1 is 1.09 bits per heavy atom. The van der Waals surface area contributed by atoms with E-state index < -0.39 is 11.6 Å². The third-order valence-corrected chi connectivity index (χ3v) is 6.85. The van der Waals surface area contributed by atoms with E-state index in [1.54, 1.807) is 24.3 Å². The van der Waals surface area contributed by atoms with Crippen LogP contribution in [0.2, 0.25) is 0 Å². The fraction of sp³-hybridized carbons (Fsp3) is 0.447. The highest BCUT2D eigenvalue weighted by atomic mass is 16.5. The summed E-state index contributed by atoms with van der Waals surface area (Å²) in [5.41, 5.74) is 4.39. The highest BCUT2D eigenvalue weighted by Gasteiger charge is 2.29. The third kappa shape index (κ3) is 17.8. The zero-order valence-corrected chi connectivity index (χ0v) is 27.6. The van der Waals surface area contributed by atoms with E-state index in [9.17, 15) is 9.59 Å². The average molecular weight is 603 g/mol. The number of para-hydroxylation sites is 1. The minimum absolute atomic E-state index is 0.155. The summed E-state index contributed by atoms with van der Waals surface area (Å²) in [6.07, 6.45) is 27.0. The molecular weight excluding hydrogens is 548 g/mol. The molecule has 240 valence electrons. The van der Waals surface area contributed by atoms with Crippen LogP contribution in [0, 0.1) is 0 Å². The lowest BCUT2D eigenvalue weighted by Crippen LogP contribution is -2.37. The molecule has 1 heterocycles. The van der Waals surface area contributed by atoms with Gasteiger partial charge < -0.3 is 20.1 Å². The predicted molar refractivity (Wildman–Crippen MR) is 184 cm³/mol. The van der Waals surface area contributed by atoms with Gasteiger partial charge in [0.25, 0.3) is 0 Å². The summed E-state index contributed by atoms with van der Waals surface area (Å²) >= 11 is 0. The number of hydrogen-bond donors (Lipinski definition) is 2. The van der Waals surface area contributed by atoms with Crippen molar-refractivity contribution in [3.8, 4) is 5.75 Å². The maximum absolute atomic E-state index is 11.4. The van der Waals surface area contributed by atoms with E-state index in [1.807, 2.05) is 56.4 Å². The van der Waals surface area contributed by atoms with Crippen LogP contribution in [0.5, 0.6) is 5.75 Å². The van der Waals surface area contributed by atoms with Gasteiger partial charge >= 0.3 is 5.97 Å². The van der Waals surface area contributed by atoms with Crippen LogP contribution in [0.15, 0.2) is 109 Å². The molecule has 44 heavy (non-hydrogen) atoms. The predicted octanol–water partition coefficient (Wildman–Crippen LogP) is 8.72. The second-order valence-electron chi connectivity index (χ2n) is 11.3. The van der Waals surface area contributed by atoms with Crippen molar-refractivity contribution in [3.05, 3.63) is 109 Å². The molecule has 1 unspecified atom stereocenters. The van der Waals surface area contributed by atoms with E-state index in [2.05, 4.69) is 47.7 Å². The van der Waals surface area contributed by atoms with Crippen molar-refractivity contribution in [2.24, 2.45) is 0 Å². The number of ether oxygens (including phenoxy) is 1. The number of carboxylic acid groups (broad SMARTS) is 1. The molecule has 6 nitrogen and oxygen atoms in total. The lowest BCUT2D eigenvalue weighted by Gasteiger charge is -2.22. The van der Waals surface area contributed by atoms with Crippen molar-refractivity contribution in [3.63, 3.8) is 0 Å². The molecule has 0 bridgehead atoms. The zero-order chi connectivity index (χ0) is 32.6. The van der Waals surface area contributed by atoms with Gasteiger partial charge in [-0.2, -0.15) is 0 Å². The molecule has 1 aliphatic heterocycles. The maximum atomic E-state index is 11.4. The Morgan fingerprint density at radius 3 is 2.39 bits per heavy atom. The summed E-state index contributed by atoms with van der Waals surface area (Å²) in [5.74, 6) is -0.256.